The number of carbonyl (C=O) groups excluding carboxylic acids is 1. The van der Waals surface area contributed by atoms with E-state index in [1.54, 1.807) is 54.6 Å². The third-order valence-electron chi connectivity index (χ3n) is 3.75. The van der Waals surface area contributed by atoms with Gasteiger partial charge in [0, 0.05) is 22.9 Å². The third kappa shape index (κ3) is 4.29. The van der Waals surface area contributed by atoms with Crippen LogP contribution in [0.2, 0.25) is 5.02 Å². The number of sulfonamides is 1. The van der Waals surface area contributed by atoms with Gasteiger partial charge in [-0.25, -0.2) is 13.8 Å². The summed E-state index contributed by atoms with van der Waals surface area (Å²) in [5.41, 5.74) is 6.39. The van der Waals surface area contributed by atoms with E-state index in [1.165, 1.54) is 0 Å². The van der Waals surface area contributed by atoms with Crippen molar-refractivity contribution >= 4 is 38.9 Å². The second-order valence-corrected chi connectivity index (χ2v) is 7.80. The van der Waals surface area contributed by atoms with Crippen molar-refractivity contribution in [1.82, 2.24) is 10.9 Å². The molecule has 0 radical (unpaired) electrons. The lowest BCUT2D eigenvalue weighted by Crippen LogP contribution is -2.45. The maximum Gasteiger partial charge on any atom is 0.250 e. The summed E-state index contributed by atoms with van der Waals surface area (Å²) >= 11 is 5.82. The molecular weight excluding hydrogens is 364 g/mol. The van der Waals surface area contributed by atoms with E-state index in [1.807, 2.05) is 0 Å². The first-order valence-electron chi connectivity index (χ1n) is 7.57. The summed E-state index contributed by atoms with van der Waals surface area (Å²) in [6.45, 7) is 0.194. The van der Waals surface area contributed by atoms with Gasteiger partial charge in [-0.1, -0.05) is 29.8 Å². The lowest BCUT2D eigenvalue weighted by molar-refractivity contribution is -0.119. The number of amides is 1. The molecule has 1 aliphatic heterocycles. The van der Waals surface area contributed by atoms with Crippen LogP contribution in [0.3, 0.4) is 0 Å². The molecule has 4 N–H and O–H groups in total. The van der Waals surface area contributed by atoms with Crippen LogP contribution in [0.5, 0.6) is 0 Å². The summed E-state index contributed by atoms with van der Waals surface area (Å²) < 4.78 is 27.7. The molecule has 2 atom stereocenters. The number of carbonyl (C=O) groups is 1. The van der Waals surface area contributed by atoms with Crippen molar-refractivity contribution in [3.8, 4) is 0 Å². The zero-order chi connectivity index (χ0) is 17.9. The number of nitrogens with one attached hydrogen (secondary N) is 4. The van der Waals surface area contributed by atoms with E-state index in [9.17, 15) is 13.2 Å². The smallest absolute Gasteiger partial charge is 0.250 e. The number of halogens is 1. The zero-order valence-electron chi connectivity index (χ0n) is 13.1. The molecule has 1 aliphatic rings. The number of hydrogen-bond donors (Lipinski definition) is 4. The lowest BCUT2D eigenvalue weighted by atomic mass is 10.1. The fraction of sp³-hybridized carbons (Fsp3) is 0.188. The Kier molecular flexibility index (Phi) is 5.24. The van der Waals surface area contributed by atoms with Crippen LogP contribution >= 0.6 is 11.6 Å². The number of anilines is 2. The maximum absolute atomic E-state index is 12.6. The molecule has 2 aromatic rings. The SMILES string of the molecule is O=C(Nc1ccc(Cl)cc1)C1CNNC1S(=O)(=O)Nc1ccccc1. The van der Waals surface area contributed by atoms with Crippen LogP contribution in [0, 0.1) is 5.92 Å². The third-order valence-corrected chi connectivity index (χ3v) is 5.64. The largest absolute Gasteiger partial charge is 0.326 e. The van der Waals surface area contributed by atoms with Crippen LogP contribution < -0.4 is 20.9 Å². The molecule has 0 aliphatic carbocycles. The molecule has 0 bridgehead atoms. The molecule has 2 aromatic carbocycles. The number of benzene rings is 2. The first kappa shape index (κ1) is 17.7. The quantitative estimate of drug-likeness (QED) is 0.633. The van der Waals surface area contributed by atoms with E-state index in [0.717, 1.165) is 0 Å². The van der Waals surface area contributed by atoms with E-state index in [-0.39, 0.29) is 6.54 Å². The van der Waals surface area contributed by atoms with E-state index in [0.29, 0.717) is 16.4 Å². The number of rotatable bonds is 5. The van der Waals surface area contributed by atoms with Crippen molar-refractivity contribution in [2.75, 3.05) is 16.6 Å². The molecule has 0 saturated carbocycles. The number of para-hydroxylation sites is 1. The van der Waals surface area contributed by atoms with Gasteiger partial charge in [0.1, 0.15) is 0 Å². The van der Waals surface area contributed by atoms with Crippen LogP contribution in [0.4, 0.5) is 11.4 Å². The van der Waals surface area contributed by atoms with E-state index >= 15 is 0 Å². The van der Waals surface area contributed by atoms with Crippen LogP contribution in [0.1, 0.15) is 0 Å². The predicted molar refractivity (Wildman–Crippen MR) is 97.5 cm³/mol. The Bertz CT molecular complexity index is 843. The molecule has 3 rings (SSSR count). The van der Waals surface area contributed by atoms with Crippen LogP contribution in [0.25, 0.3) is 0 Å². The minimum absolute atomic E-state index is 0.194. The second kappa shape index (κ2) is 7.40. The fourth-order valence-corrected chi connectivity index (χ4v) is 4.11. The highest BCUT2D eigenvalue weighted by atomic mass is 35.5. The van der Waals surface area contributed by atoms with Crippen molar-refractivity contribution in [1.29, 1.82) is 0 Å². The topological polar surface area (TPSA) is 99.3 Å². The summed E-state index contributed by atoms with van der Waals surface area (Å²) in [7, 11) is -3.81. The van der Waals surface area contributed by atoms with Gasteiger partial charge >= 0.3 is 0 Å². The Morgan fingerprint density at radius 3 is 2.40 bits per heavy atom. The number of hydrazine groups is 1. The molecule has 7 nitrogen and oxygen atoms in total. The van der Waals surface area contributed by atoms with Crippen molar-refractivity contribution in [3.63, 3.8) is 0 Å². The first-order chi connectivity index (χ1) is 12.0. The molecule has 1 amide bonds. The Morgan fingerprint density at radius 1 is 1.04 bits per heavy atom. The zero-order valence-corrected chi connectivity index (χ0v) is 14.6. The summed E-state index contributed by atoms with van der Waals surface area (Å²) in [5, 5.41) is 2.16. The van der Waals surface area contributed by atoms with Gasteiger partial charge in [0.15, 0.2) is 5.37 Å². The van der Waals surface area contributed by atoms with Gasteiger partial charge in [0.2, 0.25) is 5.91 Å². The van der Waals surface area contributed by atoms with E-state index in [4.69, 9.17) is 11.6 Å². The normalized spacial score (nSPS) is 20.2. The van der Waals surface area contributed by atoms with Gasteiger partial charge in [0.05, 0.1) is 5.92 Å². The molecular formula is C16H17ClN4O3S. The minimum Gasteiger partial charge on any atom is -0.326 e. The standard InChI is InChI=1S/C16H17ClN4O3S/c17-11-6-8-12(9-7-11)19-15(22)14-10-18-20-16(14)25(23,24)21-13-4-2-1-3-5-13/h1-9,14,16,18,20-21H,10H2,(H,19,22). The van der Waals surface area contributed by atoms with Crippen molar-refractivity contribution in [3.05, 3.63) is 59.6 Å². The molecule has 0 aromatic heterocycles. The van der Waals surface area contributed by atoms with Crippen molar-refractivity contribution < 1.29 is 13.2 Å². The predicted octanol–water partition coefficient (Wildman–Crippen LogP) is 1.77. The summed E-state index contributed by atoms with van der Waals surface area (Å²) in [6, 6.07) is 15.1. The van der Waals surface area contributed by atoms with E-state index < -0.39 is 27.2 Å². The van der Waals surface area contributed by atoms with Crippen molar-refractivity contribution in [2.45, 2.75) is 5.37 Å². The first-order valence-corrected chi connectivity index (χ1v) is 9.50. The van der Waals surface area contributed by atoms with E-state index in [2.05, 4.69) is 20.9 Å². The van der Waals surface area contributed by atoms with Crippen LogP contribution in [-0.2, 0) is 14.8 Å². The highest BCUT2D eigenvalue weighted by Gasteiger charge is 2.41. The Labute approximate surface area is 150 Å². The van der Waals surface area contributed by atoms with Crippen LogP contribution in [0.15, 0.2) is 54.6 Å². The highest BCUT2D eigenvalue weighted by molar-refractivity contribution is 7.93. The molecule has 132 valence electrons. The molecule has 1 saturated heterocycles. The highest BCUT2D eigenvalue weighted by Crippen LogP contribution is 2.20. The summed E-state index contributed by atoms with van der Waals surface area (Å²) in [4.78, 5) is 12.5. The van der Waals surface area contributed by atoms with Crippen LogP contribution in [-0.4, -0.2) is 26.2 Å². The average molecular weight is 381 g/mol. The Morgan fingerprint density at radius 2 is 1.72 bits per heavy atom. The minimum atomic E-state index is -3.81. The van der Waals surface area contributed by atoms with Gasteiger partial charge in [0.25, 0.3) is 10.0 Å². The van der Waals surface area contributed by atoms with Gasteiger partial charge in [-0.2, -0.15) is 0 Å². The molecule has 2 unspecified atom stereocenters. The van der Waals surface area contributed by atoms with Gasteiger partial charge in [-0.05, 0) is 36.4 Å². The fourth-order valence-electron chi connectivity index (χ4n) is 2.50. The summed E-state index contributed by atoms with van der Waals surface area (Å²) in [5.74, 6) is -1.19. The molecule has 1 fully saturated rings. The molecule has 25 heavy (non-hydrogen) atoms. The Hall–Kier alpha value is -2.13. The van der Waals surface area contributed by atoms with Gasteiger partial charge < -0.3 is 5.32 Å². The second-order valence-electron chi connectivity index (χ2n) is 5.56. The molecule has 1 heterocycles. The van der Waals surface area contributed by atoms with Gasteiger partial charge in [-0.15, -0.1) is 0 Å². The molecule has 9 heteroatoms. The molecule has 0 spiro atoms. The van der Waals surface area contributed by atoms with Crippen molar-refractivity contribution in [2.24, 2.45) is 5.92 Å². The maximum atomic E-state index is 12.6. The average Bonchev–Trinajstić information content (AvgIpc) is 3.08. The lowest BCUT2D eigenvalue weighted by Gasteiger charge is -2.19. The number of hydrogen-bond acceptors (Lipinski definition) is 5. The monoisotopic (exact) mass is 380 g/mol. The Balaban J connectivity index is 1.73. The van der Waals surface area contributed by atoms with Gasteiger partial charge in [-0.3, -0.25) is 14.9 Å². The summed E-state index contributed by atoms with van der Waals surface area (Å²) in [6.07, 6.45) is 0.